The number of benzene rings is 1. The molecule has 3 heteroatoms. The fourth-order valence-corrected chi connectivity index (χ4v) is 1.44. The van der Waals surface area contributed by atoms with Gasteiger partial charge in [0.2, 0.25) is 0 Å². The summed E-state index contributed by atoms with van der Waals surface area (Å²) in [5.74, 6) is 0.839. The fraction of sp³-hybridized carbons (Fsp3) is 0.500. The molecule has 0 radical (unpaired) electrons. The Bertz CT molecular complexity index is 271. The molecular formula is C12H19NO2. The van der Waals surface area contributed by atoms with Crippen molar-refractivity contribution in [2.24, 2.45) is 0 Å². The highest BCUT2D eigenvalue weighted by atomic mass is 16.5. The van der Waals surface area contributed by atoms with Crippen LogP contribution in [-0.4, -0.2) is 25.4 Å². The van der Waals surface area contributed by atoms with Gasteiger partial charge in [-0.15, -0.1) is 0 Å². The molecule has 0 aliphatic heterocycles. The summed E-state index contributed by atoms with van der Waals surface area (Å²) in [5, 5.41) is 12.5. The van der Waals surface area contributed by atoms with Crippen LogP contribution < -0.4 is 10.1 Å². The van der Waals surface area contributed by atoms with Crippen LogP contribution in [0.5, 0.6) is 5.75 Å². The van der Waals surface area contributed by atoms with E-state index in [0.717, 1.165) is 24.3 Å². The summed E-state index contributed by atoms with van der Waals surface area (Å²) in [7, 11) is 1.65. The van der Waals surface area contributed by atoms with Crippen LogP contribution in [-0.2, 0) is 0 Å². The normalized spacial score (nSPS) is 12.5. The second-order valence-electron chi connectivity index (χ2n) is 3.46. The first kappa shape index (κ1) is 12.0. The van der Waals surface area contributed by atoms with E-state index in [2.05, 4.69) is 12.2 Å². The molecule has 0 heterocycles. The van der Waals surface area contributed by atoms with Crippen molar-refractivity contribution >= 4 is 0 Å². The molecule has 2 N–H and O–H groups in total. The van der Waals surface area contributed by atoms with Gasteiger partial charge in [-0.2, -0.15) is 0 Å². The molecule has 0 fully saturated rings. The van der Waals surface area contributed by atoms with Crippen molar-refractivity contribution < 1.29 is 9.84 Å². The molecule has 15 heavy (non-hydrogen) atoms. The fourth-order valence-electron chi connectivity index (χ4n) is 1.44. The molecule has 1 atom stereocenters. The molecule has 1 rings (SSSR count). The first-order chi connectivity index (χ1) is 7.31. The molecule has 0 saturated heterocycles. The van der Waals surface area contributed by atoms with Crippen molar-refractivity contribution in [2.75, 3.05) is 20.3 Å². The number of aliphatic hydroxyl groups excluding tert-OH is 1. The summed E-state index contributed by atoms with van der Waals surface area (Å²) in [6.07, 6.45) is 1.06. The van der Waals surface area contributed by atoms with Crippen molar-refractivity contribution in [2.45, 2.75) is 19.4 Å². The predicted molar refractivity (Wildman–Crippen MR) is 61.1 cm³/mol. The van der Waals surface area contributed by atoms with Crippen LogP contribution in [0.2, 0.25) is 0 Å². The maximum atomic E-state index is 9.24. The third-order valence-electron chi connectivity index (χ3n) is 2.34. The third kappa shape index (κ3) is 3.53. The van der Waals surface area contributed by atoms with E-state index < -0.39 is 0 Å². The van der Waals surface area contributed by atoms with Gasteiger partial charge in [0.1, 0.15) is 5.75 Å². The standard InChI is InChI=1S/C12H19NO2/c1-3-8-13-12(9-14)10-4-6-11(15-2)7-5-10/h4-7,12-14H,3,8-9H2,1-2H3. The molecular weight excluding hydrogens is 190 g/mol. The van der Waals surface area contributed by atoms with Crippen LogP contribution in [0.15, 0.2) is 24.3 Å². The summed E-state index contributed by atoms with van der Waals surface area (Å²) < 4.78 is 5.08. The molecule has 0 saturated carbocycles. The Morgan fingerprint density at radius 1 is 1.33 bits per heavy atom. The molecule has 1 aromatic rings. The Kier molecular flexibility index (Phi) is 5.15. The summed E-state index contributed by atoms with van der Waals surface area (Å²) in [4.78, 5) is 0. The van der Waals surface area contributed by atoms with Gasteiger partial charge < -0.3 is 15.2 Å². The topological polar surface area (TPSA) is 41.5 Å². The molecule has 0 bridgehead atoms. The number of methoxy groups -OCH3 is 1. The van der Waals surface area contributed by atoms with Crippen molar-refractivity contribution in [1.29, 1.82) is 0 Å². The van der Waals surface area contributed by atoms with Crippen molar-refractivity contribution in [1.82, 2.24) is 5.32 Å². The number of hydrogen-bond acceptors (Lipinski definition) is 3. The summed E-state index contributed by atoms with van der Waals surface area (Å²) >= 11 is 0. The SMILES string of the molecule is CCCNC(CO)c1ccc(OC)cc1. The van der Waals surface area contributed by atoms with Gasteiger partial charge in [-0.3, -0.25) is 0 Å². The van der Waals surface area contributed by atoms with Gasteiger partial charge in [-0.1, -0.05) is 19.1 Å². The predicted octanol–water partition coefficient (Wildman–Crippen LogP) is 1.73. The quantitative estimate of drug-likeness (QED) is 0.749. The zero-order valence-electron chi connectivity index (χ0n) is 9.36. The van der Waals surface area contributed by atoms with Crippen molar-refractivity contribution in [3.8, 4) is 5.75 Å². The minimum atomic E-state index is 0.0239. The molecule has 0 aromatic heterocycles. The lowest BCUT2D eigenvalue weighted by atomic mass is 10.1. The third-order valence-corrected chi connectivity index (χ3v) is 2.34. The van der Waals surface area contributed by atoms with E-state index in [1.807, 2.05) is 24.3 Å². The van der Waals surface area contributed by atoms with E-state index in [0.29, 0.717) is 0 Å². The molecule has 84 valence electrons. The monoisotopic (exact) mass is 209 g/mol. The van der Waals surface area contributed by atoms with E-state index in [1.54, 1.807) is 7.11 Å². The van der Waals surface area contributed by atoms with Crippen LogP contribution in [0.1, 0.15) is 24.9 Å². The first-order valence-electron chi connectivity index (χ1n) is 5.30. The lowest BCUT2D eigenvalue weighted by Gasteiger charge is -2.16. The average molecular weight is 209 g/mol. The lowest BCUT2D eigenvalue weighted by Crippen LogP contribution is -2.24. The van der Waals surface area contributed by atoms with Crippen molar-refractivity contribution in [3.05, 3.63) is 29.8 Å². The molecule has 0 spiro atoms. The number of aliphatic hydroxyl groups is 1. The molecule has 0 amide bonds. The molecule has 0 aliphatic rings. The van der Waals surface area contributed by atoms with E-state index in [1.165, 1.54) is 0 Å². The van der Waals surface area contributed by atoms with Gasteiger partial charge in [-0.25, -0.2) is 0 Å². The van der Waals surface area contributed by atoms with Crippen molar-refractivity contribution in [3.63, 3.8) is 0 Å². The highest BCUT2D eigenvalue weighted by molar-refractivity contribution is 5.29. The highest BCUT2D eigenvalue weighted by Crippen LogP contribution is 2.17. The summed E-state index contributed by atoms with van der Waals surface area (Å²) in [6, 6.07) is 7.79. The zero-order valence-corrected chi connectivity index (χ0v) is 9.36. The van der Waals surface area contributed by atoms with Gasteiger partial charge >= 0.3 is 0 Å². The second-order valence-corrected chi connectivity index (χ2v) is 3.46. The zero-order chi connectivity index (χ0) is 11.1. The Labute approximate surface area is 91.1 Å². The maximum Gasteiger partial charge on any atom is 0.118 e. The Morgan fingerprint density at radius 2 is 2.00 bits per heavy atom. The van der Waals surface area contributed by atoms with E-state index in [-0.39, 0.29) is 12.6 Å². The maximum absolute atomic E-state index is 9.24. The van der Waals surface area contributed by atoms with E-state index >= 15 is 0 Å². The van der Waals surface area contributed by atoms with Gasteiger partial charge in [0.25, 0.3) is 0 Å². The molecule has 1 aromatic carbocycles. The van der Waals surface area contributed by atoms with Crippen LogP contribution >= 0.6 is 0 Å². The molecule has 1 unspecified atom stereocenters. The summed E-state index contributed by atoms with van der Waals surface area (Å²) in [6.45, 7) is 3.14. The lowest BCUT2D eigenvalue weighted by molar-refractivity contribution is 0.245. The Morgan fingerprint density at radius 3 is 2.47 bits per heavy atom. The van der Waals surface area contributed by atoms with Gasteiger partial charge in [-0.05, 0) is 30.7 Å². The van der Waals surface area contributed by atoms with Crippen LogP contribution in [0.25, 0.3) is 0 Å². The number of nitrogens with one attached hydrogen (secondary N) is 1. The molecule has 0 aliphatic carbocycles. The highest BCUT2D eigenvalue weighted by Gasteiger charge is 2.08. The summed E-state index contributed by atoms with van der Waals surface area (Å²) in [5.41, 5.74) is 1.09. The van der Waals surface area contributed by atoms with Crippen LogP contribution in [0.4, 0.5) is 0 Å². The number of ether oxygens (including phenoxy) is 1. The van der Waals surface area contributed by atoms with E-state index in [9.17, 15) is 5.11 Å². The minimum absolute atomic E-state index is 0.0239. The second kappa shape index (κ2) is 6.43. The first-order valence-corrected chi connectivity index (χ1v) is 5.30. The van der Waals surface area contributed by atoms with Gasteiger partial charge in [0.05, 0.1) is 19.8 Å². The van der Waals surface area contributed by atoms with Crippen LogP contribution in [0, 0.1) is 0 Å². The smallest absolute Gasteiger partial charge is 0.118 e. The molecule has 3 nitrogen and oxygen atoms in total. The average Bonchev–Trinajstić information content (AvgIpc) is 2.31. The largest absolute Gasteiger partial charge is 0.497 e. The Hall–Kier alpha value is -1.06. The number of rotatable bonds is 6. The van der Waals surface area contributed by atoms with Crippen LogP contribution in [0.3, 0.4) is 0 Å². The van der Waals surface area contributed by atoms with E-state index in [4.69, 9.17) is 4.74 Å². The van der Waals surface area contributed by atoms with Gasteiger partial charge in [0, 0.05) is 0 Å². The Balaban J connectivity index is 2.65. The number of hydrogen-bond donors (Lipinski definition) is 2. The minimum Gasteiger partial charge on any atom is -0.497 e. The van der Waals surface area contributed by atoms with Gasteiger partial charge in [0.15, 0.2) is 0 Å².